The maximum Gasteiger partial charge on any atom is 0.352 e. The number of thiazole rings is 1. The quantitative estimate of drug-likeness (QED) is 0.0638. The second-order valence-corrected chi connectivity index (χ2v) is 12.0. The number of aromatic nitrogens is 1. The van der Waals surface area contributed by atoms with Crippen LogP contribution in [0.25, 0.3) is 0 Å². The minimum atomic E-state index is -1.24. The number of ether oxygens (including phenoxy) is 2. The number of thioether (sulfide) groups is 1. The molecule has 0 aliphatic carbocycles. The van der Waals surface area contributed by atoms with Crippen LogP contribution in [0, 0.1) is 5.41 Å². The van der Waals surface area contributed by atoms with Gasteiger partial charge in [-0.15, -0.1) is 23.1 Å². The first kappa shape index (κ1) is 34.0. The second kappa shape index (κ2) is 15.7. The second-order valence-electron chi connectivity index (χ2n) is 10.0. The third-order valence-electron chi connectivity index (χ3n) is 6.34. The SMILES string of the molecule is CCCCCOC(=O)C(C)(C)CCC.COCC1=C(C(=O)O)N2C(=O)C(NC(=O)/C(=N\O)c3csc(N)n3)C2SC1. The zero-order chi connectivity index (χ0) is 30.7. The van der Waals surface area contributed by atoms with Crippen molar-refractivity contribution < 1.29 is 39.0 Å². The van der Waals surface area contributed by atoms with Crippen LogP contribution in [0.4, 0.5) is 5.13 Å². The van der Waals surface area contributed by atoms with Crippen molar-refractivity contribution >= 4 is 57.7 Å². The summed E-state index contributed by atoms with van der Waals surface area (Å²) in [5.74, 6) is -2.32. The number of hydrogen-bond acceptors (Lipinski definition) is 12. The van der Waals surface area contributed by atoms with E-state index in [1.165, 1.54) is 24.3 Å². The zero-order valence-corrected chi connectivity index (χ0v) is 25.6. The number of oxime groups is 1. The van der Waals surface area contributed by atoms with Gasteiger partial charge in [0, 0.05) is 18.2 Å². The van der Waals surface area contributed by atoms with Gasteiger partial charge in [-0.3, -0.25) is 19.3 Å². The molecule has 41 heavy (non-hydrogen) atoms. The van der Waals surface area contributed by atoms with Crippen LogP contribution in [0.5, 0.6) is 0 Å². The average molecular weight is 614 g/mol. The Bertz CT molecular complexity index is 1170. The molecule has 5 N–H and O–H groups in total. The van der Waals surface area contributed by atoms with E-state index in [-0.39, 0.29) is 40.2 Å². The highest BCUT2D eigenvalue weighted by Gasteiger charge is 2.54. The lowest BCUT2D eigenvalue weighted by atomic mass is 9.88. The number of carboxylic acid groups (broad SMARTS) is 1. The normalized spacial score (nSPS) is 18.6. The van der Waals surface area contributed by atoms with Crippen LogP contribution in [0.3, 0.4) is 0 Å². The third-order valence-corrected chi connectivity index (χ3v) is 8.36. The van der Waals surface area contributed by atoms with Gasteiger partial charge in [-0.1, -0.05) is 38.3 Å². The number of hydrogen-bond donors (Lipinski definition) is 4. The summed E-state index contributed by atoms with van der Waals surface area (Å²) < 4.78 is 10.2. The molecule has 1 saturated heterocycles. The molecule has 0 saturated carbocycles. The van der Waals surface area contributed by atoms with Gasteiger partial charge in [-0.25, -0.2) is 9.78 Å². The highest BCUT2D eigenvalue weighted by atomic mass is 32.2. The van der Waals surface area contributed by atoms with E-state index in [4.69, 9.17) is 20.4 Å². The highest BCUT2D eigenvalue weighted by Crippen LogP contribution is 2.40. The lowest BCUT2D eigenvalue weighted by Gasteiger charge is -2.49. The highest BCUT2D eigenvalue weighted by molar-refractivity contribution is 8.00. The molecule has 2 aliphatic heterocycles. The summed E-state index contributed by atoms with van der Waals surface area (Å²) in [4.78, 5) is 53.0. The number of aliphatic carboxylic acids is 1. The first-order valence-electron chi connectivity index (χ1n) is 13.2. The summed E-state index contributed by atoms with van der Waals surface area (Å²) in [5.41, 5.74) is 5.25. The van der Waals surface area contributed by atoms with Crippen LogP contribution >= 0.6 is 23.1 Å². The van der Waals surface area contributed by atoms with Gasteiger partial charge in [0.1, 0.15) is 22.8 Å². The van der Waals surface area contributed by atoms with Crippen molar-refractivity contribution in [2.45, 2.75) is 71.2 Å². The van der Waals surface area contributed by atoms with E-state index in [9.17, 15) is 24.3 Å². The monoisotopic (exact) mass is 613 g/mol. The third kappa shape index (κ3) is 8.66. The summed E-state index contributed by atoms with van der Waals surface area (Å²) in [7, 11) is 1.44. The van der Waals surface area contributed by atoms with Gasteiger partial charge < -0.3 is 30.8 Å². The van der Waals surface area contributed by atoms with Crippen molar-refractivity contribution in [3.63, 3.8) is 0 Å². The Morgan fingerprint density at radius 1 is 1.27 bits per heavy atom. The van der Waals surface area contributed by atoms with Gasteiger partial charge in [0.15, 0.2) is 10.8 Å². The fraction of sp³-hybridized carbons (Fsp3) is 0.615. The fourth-order valence-electron chi connectivity index (χ4n) is 4.23. The number of nitrogens with one attached hydrogen (secondary N) is 1. The molecular weight excluding hydrogens is 574 g/mol. The van der Waals surface area contributed by atoms with Crippen molar-refractivity contribution in [1.82, 2.24) is 15.2 Å². The van der Waals surface area contributed by atoms with Crippen molar-refractivity contribution in [1.29, 1.82) is 0 Å². The van der Waals surface area contributed by atoms with E-state index >= 15 is 0 Å². The zero-order valence-electron chi connectivity index (χ0n) is 24.0. The number of nitrogens with two attached hydrogens (primary N) is 1. The Balaban J connectivity index is 0.000000357. The van der Waals surface area contributed by atoms with Crippen LogP contribution < -0.4 is 11.1 Å². The number of nitrogen functional groups attached to an aromatic ring is 1. The Kier molecular flexibility index (Phi) is 13.1. The van der Waals surface area contributed by atoms with E-state index < -0.39 is 29.2 Å². The molecule has 0 spiro atoms. The molecular formula is C26H39N5O8S2. The molecule has 0 aromatic carbocycles. The maximum absolute atomic E-state index is 12.5. The molecule has 1 aromatic heterocycles. The number of carboxylic acids is 1. The number of carbonyl (C=O) groups is 4. The van der Waals surface area contributed by atoms with Crippen LogP contribution in [0.1, 0.15) is 65.5 Å². The number of carbonyl (C=O) groups excluding carboxylic acids is 3. The molecule has 2 atom stereocenters. The van der Waals surface area contributed by atoms with Crippen molar-refractivity contribution in [3.05, 3.63) is 22.3 Å². The molecule has 0 radical (unpaired) electrons. The molecule has 0 bridgehead atoms. The van der Waals surface area contributed by atoms with Crippen molar-refractivity contribution in [2.75, 3.05) is 31.8 Å². The predicted molar refractivity (Wildman–Crippen MR) is 156 cm³/mol. The molecule has 1 aromatic rings. The van der Waals surface area contributed by atoms with Gasteiger partial charge >= 0.3 is 11.9 Å². The van der Waals surface area contributed by atoms with E-state index in [1.54, 1.807) is 0 Å². The van der Waals surface area contributed by atoms with Gasteiger partial charge in [-0.05, 0) is 32.3 Å². The van der Waals surface area contributed by atoms with Crippen molar-refractivity contribution in [3.8, 4) is 0 Å². The van der Waals surface area contributed by atoms with E-state index in [1.807, 2.05) is 13.8 Å². The average Bonchev–Trinajstić information content (AvgIpc) is 3.35. The minimum Gasteiger partial charge on any atom is -0.477 e. The van der Waals surface area contributed by atoms with E-state index in [0.717, 1.165) is 48.3 Å². The maximum atomic E-state index is 12.5. The Labute approximate surface area is 247 Å². The topological polar surface area (TPSA) is 194 Å². The summed E-state index contributed by atoms with van der Waals surface area (Å²) in [6.45, 7) is 8.82. The summed E-state index contributed by atoms with van der Waals surface area (Å²) in [6.07, 6.45) is 5.22. The molecule has 3 rings (SSSR count). The number of amides is 2. The largest absolute Gasteiger partial charge is 0.477 e. The molecule has 1 fully saturated rings. The molecule has 228 valence electrons. The van der Waals surface area contributed by atoms with Crippen LogP contribution in [-0.2, 0) is 28.7 Å². The molecule has 2 aliphatic rings. The number of β-lactam (4-membered cyclic amide) rings is 1. The smallest absolute Gasteiger partial charge is 0.352 e. The Morgan fingerprint density at radius 2 is 1.98 bits per heavy atom. The number of unbranched alkanes of at least 4 members (excludes halogenated alkanes) is 2. The minimum absolute atomic E-state index is 0.0459. The number of methoxy groups -OCH3 is 1. The summed E-state index contributed by atoms with van der Waals surface area (Å²) >= 11 is 2.37. The van der Waals surface area contributed by atoms with Crippen LogP contribution in [0.2, 0.25) is 0 Å². The van der Waals surface area contributed by atoms with E-state index in [0.29, 0.717) is 17.9 Å². The number of anilines is 1. The van der Waals surface area contributed by atoms with Crippen molar-refractivity contribution in [2.24, 2.45) is 10.6 Å². The van der Waals surface area contributed by atoms with Gasteiger partial charge in [0.25, 0.3) is 11.8 Å². The fourth-order valence-corrected chi connectivity index (χ4v) is 6.10. The number of rotatable bonds is 13. The standard InChI is InChI=1S/C14H15N5O6S2.C12H24O2/c1-25-2-5-3-26-12-8(11(21)19(12)9(5)13(22)23)17-10(20)7(18-24)6-4-27-14(15)16-6;1-5-7-8-10-14-11(13)12(3,4)9-6-2/h4,8,12,24H,2-3H2,1H3,(H2,15,16)(H,17,20)(H,22,23);5-10H2,1-4H3/b18-7-;. The molecule has 2 unspecified atom stereocenters. The van der Waals surface area contributed by atoms with Gasteiger partial charge in [0.05, 0.1) is 18.6 Å². The lowest BCUT2D eigenvalue weighted by Crippen LogP contribution is -2.71. The molecule has 13 nitrogen and oxygen atoms in total. The van der Waals surface area contributed by atoms with Crippen LogP contribution in [-0.4, -0.2) is 87.2 Å². The Morgan fingerprint density at radius 3 is 2.51 bits per heavy atom. The predicted octanol–water partition coefficient (Wildman–Crippen LogP) is 2.83. The molecule has 15 heteroatoms. The number of nitrogens with zero attached hydrogens (tertiary/aromatic N) is 3. The summed E-state index contributed by atoms with van der Waals surface area (Å²) in [5, 5.41) is 25.0. The molecule has 2 amide bonds. The first-order chi connectivity index (χ1) is 19.4. The van der Waals surface area contributed by atoms with E-state index in [2.05, 4.69) is 29.3 Å². The molecule has 3 heterocycles. The van der Waals surface area contributed by atoms with Crippen LogP contribution in [0.15, 0.2) is 21.8 Å². The van der Waals surface area contributed by atoms with Gasteiger partial charge in [-0.2, -0.15) is 0 Å². The first-order valence-corrected chi connectivity index (χ1v) is 15.2. The lowest BCUT2D eigenvalue weighted by molar-refractivity contribution is -0.154. The number of fused-ring (bicyclic) bond motifs is 1. The summed E-state index contributed by atoms with van der Waals surface area (Å²) in [6, 6.07) is -0.950. The Hall–Kier alpha value is -3.17. The van der Waals surface area contributed by atoms with Gasteiger partial charge in [0.2, 0.25) is 0 Å². The number of esters is 1.